The smallest absolute Gasteiger partial charge is 0.317 e. The van der Waals surface area contributed by atoms with E-state index < -0.39 is 11.6 Å². The Morgan fingerprint density at radius 3 is 2.74 bits per heavy atom. The number of likely N-dealkylation sites (tertiary alicyclic amines) is 1. The molecular weight excluding hydrogens is 248 g/mol. The molecule has 0 aromatic rings. The number of urea groups is 1. The average molecular weight is 272 g/mol. The fourth-order valence-electron chi connectivity index (χ4n) is 2.35. The summed E-state index contributed by atoms with van der Waals surface area (Å²) in [6, 6.07) is -0.385. The van der Waals surface area contributed by atoms with Crippen molar-refractivity contribution in [1.82, 2.24) is 10.2 Å². The van der Waals surface area contributed by atoms with Crippen LogP contribution < -0.4 is 5.32 Å². The molecule has 0 radical (unpaired) electrons. The third kappa shape index (κ3) is 5.06. The molecule has 6 heteroatoms. The Hall–Kier alpha value is -1.30. The first-order valence-corrected chi connectivity index (χ1v) is 6.76. The summed E-state index contributed by atoms with van der Waals surface area (Å²) in [5, 5.41) is 11.6. The summed E-state index contributed by atoms with van der Waals surface area (Å²) in [6.07, 6.45) is 1.64. The van der Waals surface area contributed by atoms with Gasteiger partial charge >= 0.3 is 12.0 Å². The van der Waals surface area contributed by atoms with Gasteiger partial charge in [-0.1, -0.05) is 0 Å². The summed E-state index contributed by atoms with van der Waals surface area (Å²) < 4.78 is 5.51. The molecule has 19 heavy (non-hydrogen) atoms. The molecule has 1 fully saturated rings. The van der Waals surface area contributed by atoms with Crippen LogP contribution in [0.3, 0.4) is 0 Å². The predicted molar refractivity (Wildman–Crippen MR) is 71.1 cm³/mol. The van der Waals surface area contributed by atoms with Gasteiger partial charge in [-0.3, -0.25) is 4.79 Å². The molecule has 1 unspecified atom stereocenters. The third-order valence-corrected chi connectivity index (χ3v) is 3.25. The lowest BCUT2D eigenvalue weighted by Crippen LogP contribution is -2.48. The van der Waals surface area contributed by atoms with E-state index in [0.717, 1.165) is 12.8 Å². The number of hydrogen-bond acceptors (Lipinski definition) is 3. The monoisotopic (exact) mass is 272 g/mol. The van der Waals surface area contributed by atoms with E-state index in [2.05, 4.69) is 5.32 Å². The molecule has 0 aliphatic carbocycles. The van der Waals surface area contributed by atoms with Crippen molar-refractivity contribution >= 4 is 12.0 Å². The maximum atomic E-state index is 12.1. The van der Waals surface area contributed by atoms with Crippen LogP contribution in [0.4, 0.5) is 4.79 Å². The van der Waals surface area contributed by atoms with Gasteiger partial charge in [-0.05, 0) is 33.6 Å². The highest BCUT2D eigenvalue weighted by Crippen LogP contribution is 2.20. The van der Waals surface area contributed by atoms with Crippen molar-refractivity contribution in [3.8, 4) is 0 Å². The van der Waals surface area contributed by atoms with Gasteiger partial charge in [0, 0.05) is 25.7 Å². The Kier molecular flexibility index (Phi) is 5.60. The Morgan fingerprint density at radius 2 is 2.16 bits per heavy atom. The lowest BCUT2D eigenvalue weighted by atomic mass is 10.1. The van der Waals surface area contributed by atoms with Crippen LogP contribution in [0.1, 0.15) is 40.0 Å². The second-order valence-electron chi connectivity index (χ2n) is 5.44. The number of carboxylic acid groups (broad SMARTS) is 1. The lowest BCUT2D eigenvalue weighted by molar-refractivity contribution is -0.137. The number of rotatable bonds is 6. The molecule has 0 aromatic carbocycles. The van der Waals surface area contributed by atoms with E-state index in [4.69, 9.17) is 9.84 Å². The van der Waals surface area contributed by atoms with Gasteiger partial charge in [-0.2, -0.15) is 0 Å². The summed E-state index contributed by atoms with van der Waals surface area (Å²) in [5.74, 6) is -0.862. The lowest BCUT2D eigenvalue weighted by Gasteiger charge is -2.28. The highest BCUT2D eigenvalue weighted by Gasteiger charge is 2.31. The van der Waals surface area contributed by atoms with Crippen LogP contribution in [0.2, 0.25) is 0 Å². The maximum absolute atomic E-state index is 12.1. The van der Waals surface area contributed by atoms with E-state index in [-0.39, 0.29) is 18.5 Å². The standard InChI is InChI=1S/C13H24N2O4/c1-4-19-13(2,3)9-14-12(18)15-7-5-6-10(15)8-11(16)17/h10H,4-9H2,1-3H3,(H,14,18)(H,16,17). The molecule has 2 N–H and O–H groups in total. The van der Waals surface area contributed by atoms with Gasteiger partial charge in [0.1, 0.15) is 0 Å². The van der Waals surface area contributed by atoms with Crippen LogP contribution in [0.15, 0.2) is 0 Å². The quantitative estimate of drug-likeness (QED) is 0.767. The van der Waals surface area contributed by atoms with Crippen molar-refractivity contribution in [2.45, 2.75) is 51.7 Å². The first-order valence-electron chi connectivity index (χ1n) is 6.76. The summed E-state index contributed by atoms with van der Waals surface area (Å²) >= 11 is 0. The van der Waals surface area contributed by atoms with Crippen LogP contribution in [0.25, 0.3) is 0 Å². The van der Waals surface area contributed by atoms with Crippen molar-refractivity contribution in [2.75, 3.05) is 19.7 Å². The molecule has 110 valence electrons. The highest BCUT2D eigenvalue weighted by atomic mass is 16.5. The van der Waals surface area contributed by atoms with Crippen molar-refractivity contribution in [1.29, 1.82) is 0 Å². The molecule has 1 atom stereocenters. The number of amides is 2. The number of nitrogens with one attached hydrogen (secondary N) is 1. The van der Waals surface area contributed by atoms with Gasteiger partial charge in [0.25, 0.3) is 0 Å². The Morgan fingerprint density at radius 1 is 1.47 bits per heavy atom. The number of carbonyl (C=O) groups is 2. The van der Waals surface area contributed by atoms with E-state index >= 15 is 0 Å². The molecule has 0 aromatic heterocycles. The number of hydrogen-bond donors (Lipinski definition) is 2. The van der Waals surface area contributed by atoms with E-state index in [1.165, 1.54) is 0 Å². The highest BCUT2D eigenvalue weighted by molar-refractivity contribution is 5.76. The Labute approximate surface area is 114 Å². The predicted octanol–water partition coefficient (Wildman–Crippen LogP) is 1.45. The van der Waals surface area contributed by atoms with E-state index in [9.17, 15) is 9.59 Å². The van der Waals surface area contributed by atoms with E-state index in [0.29, 0.717) is 19.7 Å². The Bertz CT molecular complexity index is 331. The fraction of sp³-hybridized carbons (Fsp3) is 0.846. The largest absolute Gasteiger partial charge is 0.481 e. The maximum Gasteiger partial charge on any atom is 0.317 e. The second-order valence-corrected chi connectivity index (χ2v) is 5.44. The zero-order valence-electron chi connectivity index (χ0n) is 11.9. The molecule has 0 bridgehead atoms. The minimum Gasteiger partial charge on any atom is -0.481 e. The summed E-state index contributed by atoms with van der Waals surface area (Å²) in [6.45, 7) is 7.36. The molecule has 1 aliphatic rings. The summed E-state index contributed by atoms with van der Waals surface area (Å²) in [4.78, 5) is 24.4. The number of ether oxygens (including phenoxy) is 1. The van der Waals surface area contributed by atoms with Crippen LogP contribution in [0.5, 0.6) is 0 Å². The van der Waals surface area contributed by atoms with Crippen LogP contribution >= 0.6 is 0 Å². The minimum atomic E-state index is -0.862. The molecule has 1 rings (SSSR count). The molecule has 0 saturated carbocycles. The first-order chi connectivity index (χ1) is 8.85. The van der Waals surface area contributed by atoms with Crippen molar-refractivity contribution in [3.63, 3.8) is 0 Å². The Balaban J connectivity index is 2.46. The van der Waals surface area contributed by atoms with Gasteiger partial charge in [0.2, 0.25) is 0 Å². The van der Waals surface area contributed by atoms with Gasteiger partial charge in [-0.25, -0.2) is 4.79 Å². The summed E-state index contributed by atoms with van der Waals surface area (Å²) in [5.41, 5.74) is -0.410. The van der Waals surface area contributed by atoms with Gasteiger partial charge in [-0.15, -0.1) is 0 Å². The number of carboxylic acids is 1. The summed E-state index contributed by atoms with van der Waals surface area (Å²) in [7, 11) is 0. The van der Waals surface area contributed by atoms with Gasteiger partial charge < -0.3 is 20.1 Å². The second kappa shape index (κ2) is 6.75. The molecular formula is C13H24N2O4. The third-order valence-electron chi connectivity index (χ3n) is 3.25. The topological polar surface area (TPSA) is 78.9 Å². The molecule has 1 heterocycles. The van der Waals surface area contributed by atoms with Gasteiger partial charge in [0.15, 0.2) is 0 Å². The minimum absolute atomic E-state index is 0.0161. The van der Waals surface area contributed by atoms with Crippen LogP contribution in [-0.4, -0.2) is 53.3 Å². The van der Waals surface area contributed by atoms with E-state index in [1.54, 1.807) is 4.90 Å². The number of carbonyl (C=O) groups excluding carboxylic acids is 1. The number of nitrogens with zero attached hydrogens (tertiary/aromatic N) is 1. The normalized spacial score (nSPS) is 19.5. The van der Waals surface area contributed by atoms with Crippen LogP contribution in [0, 0.1) is 0 Å². The average Bonchev–Trinajstić information content (AvgIpc) is 2.73. The SMILES string of the molecule is CCOC(C)(C)CNC(=O)N1CCCC1CC(=O)O. The fourth-order valence-corrected chi connectivity index (χ4v) is 2.35. The zero-order valence-corrected chi connectivity index (χ0v) is 11.9. The molecule has 1 saturated heterocycles. The van der Waals surface area contributed by atoms with Crippen molar-refractivity contribution < 1.29 is 19.4 Å². The molecule has 2 amide bonds. The van der Waals surface area contributed by atoms with E-state index in [1.807, 2.05) is 20.8 Å². The zero-order chi connectivity index (χ0) is 14.5. The van der Waals surface area contributed by atoms with Gasteiger partial charge in [0.05, 0.1) is 12.0 Å². The van der Waals surface area contributed by atoms with Crippen molar-refractivity contribution in [2.24, 2.45) is 0 Å². The number of aliphatic carboxylic acids is 1. The molecule has 6 nitrogen and oxygen atoms in total. The first kappa shape index (κ1) is 15.8. The van der Waals surface area contributed by atoms with Crippen molar-refractivity contribution in [3.05, 3.63) is 0 Å². The molecule has 0 spiro atoms. The molecule has 1 aliphatic heterocycles. The van der Waals surface area contributed by atoms with Crippen LogP contribution in [-0.2, 0) is 9.53 Å².